The minimum Gasteiger partial charge on any atom is -0.330 e. The summed E-state index contributed by atoms with van der Waals surface area (Å²) in [7, 11) is 0. The predicted octanol–water partition coefficient (Wildman–Crippen LogP) is 2.66. The van der Waals surface area contributed by atoms with E-state index in [1.807, 2.05) is 24.3 Å². The molecule has 1 aromatic carbocycles. The fourth-order valence-corrected chi connectivity index (χ4v) is 2.04. The van der Waals surface area contributed by atoms with Crippen molar-refractivity contribution in [1.29, 1.82) is 0 Å². The first-order valence-electron chi connectivity index (χ1n) is 6.64. The highest BCUT2D eigenvalue weighted by atomic mass is 16.1. The molecule has 0 atom stereocenters. The Labute approximate surface area is 109 Å². The van der Waals surface area contributed by atoms with Crippen molar-refractivity contribution in [3.05, 3.63) is 29.8 Å². The van der Waals surface area contributed by atoms with Crippen LogP contribution >= 0.6 is 0 Å². The molecule has 1 aliphatic rings. The van der Waals surface area contributed by atoms with Crippen LogP contribution < -0.4 is 11.1 Å². The minimum absolute atomic E-state index is 0.0173. The molecule has 0 unspecified atom stereocenters. The third kappa shape index (κ3) is 2.72. The summed E-state index contributed by atoms with van der Waals surface area (Å²) in [5, 5.41) is 2.97. The minimum atomic E-state index is -0.0173. The lowest BCUT2D eigenvalue weighted by Crippen LogP contribution is -2.29. The van der Waals surface area contributed by atoms with Crippen molar-refractivity contribution >= 4 is 11.6 Å². The standard InChI is InChI=1S/C15H22N2O/c1-15(2,10-16)12-6-8-13(9-7-12)17-14(18)11-4-3-5-11/h6-9,11H,3-5,10,16H2,1-2H3,(H,17,18). The third-order valence-electron chi connectivity index (χ3n) is 3.92. The van der Waals surface area contributed by atoms with Crippen LogP contribution in [0, 0.1) is 5.92 Å². The fraction of sp³-hybridized carbons (Fsp3) is 0.533. The van der Waals surface area contributed by atoms with E-state index in [1.165, 1.54) is 12.0 Å². The number of hydrogen-bond donors (Lipinski definition) is 2. The number of amides is 1. The quantitative estimate of drug-likeness (QED) is 0.858. The highest BCUT2D eigenvalue weighted by molar-refractivity contribution is 5.93. The van der Waals surface area contributed by atoms with Gasteiger partial charge in [-0.05, 0) is 30.5 Å². The Hall–Kier alpha value is -1.35. The molecule has 0 aliphatic heterocycles. The van der Waals surface area contributed by atoms with Gasteiger partial charge in [0.05, 0.1) is 0 Å². The molecule has 18 heavy (non-hydrogen) atoms. The summed E-state index contributed by atoms with van der Waals surface area (Å²) in [6, 6.07) is 8.01. The lowest BCUT2D eigenvalue weighted by atomic mass is 9.84. The Bertz CT molecular complexity index is 419. The van der Waals surface area contributed by atoms with Gasteiger partial charge in [-0.15, -0.1) is 0 Å². The van der Waals surface area contributed by atoms with Crippen LogP contribution in [0.4, 0.5) is 5.69 Å². The summed E-state index contributed by atoms with van der Waals surface area (Å²) in [6.07, 6.45) is 3.25. The molecular weight excluding hydrogens is 224 g/mol. The molecule has 0 spiro atoms. The van der Waals surface area contributed by atoms with Crippen LogP contribution in [-0.4, -0.2) is 12.5 Å². The van der Waals surface area contributed by atoms with Crippen LogP contribution in [0.3, 0.4) is 0 Å². The van der Waals surface area contributed by atoms with E-state index in [0.29, 0.717) is 6.54 Å². The average Bonchev–Trinajstić information content (AvgIpc) is 2.27. The van der Waals surface area contributed by atoms with Gasteiger partial charge in [0.15, 0.2) is 0 Å². The van der Waals surface area contributed by atoms with Crippen molar-refractivity contribution in [2.75, 3.05) is 11.9 Å². The van der Waals surface area contributed by atoms with Gasteiger partial charge in [-0.25, -0.2) is 0 Å². The molecule has 3 nitrogen and oxygen atoms in total. The normalized spacial score (nSPS) is 16.2. The summed E-state index contributed by atoms with van der Waals surface area (Å²) in [5.41, 5.74) is 7.81. The van der Waals surface area contributed by atoms with E-state index in [0.717, 1.165) is 18.5 Å². The largest absolute Gasteiger partial charge is 0.330 e. The van der Waals surface area contributed by atoms with Gasteiger partial charge in [-0.3, -0.25) is 4.79 Å². The second kappa shape index (κ2) is 5.11. The highest BCUT2D eigenvalue weighted by Crippen LogP contribution is 2.28. The Kier molecular flexibility index (Phi) is 3.71. The molecule has 1 amide bonds. The van der Waals surface area contributed by atoms with Crippen molar-refractivity contribution in [2.24, 2.45) is 11.7 Å². The van der Waals surface area contributed by atoms with Gasteiger partial charge in [0.2, 0.25) is 5.91 Å². The second-order valence-electron chi connectivity index (χ2n) is 5.78. The molecule has 98 valence electrons. The van der Waals surface area contributed by atoms with Crippen LogP contribution in [0.5, 0.6) is 0 Å². The monoisotopic (exact) mass is 246 g/mol. The number of carbonyl (C=O) groups is 1. The predicted molar refractivity (Wildman–Crippen MR) is 74.5 cm³/mol. The van der Waals surface area contributed by atoms with Gasteiger partial charge in [0.1, 0.15) is 0 Å². The van der Waals surface area contributed by atoms with E-state index in [2.05, 4.69) is 19.2 Å². The van der Waals surface area contributed by atoms with Gasteiger partial charge in [-0.2, -0.15) is 0 Å². The molecule has 0 saturated heterocycles. The number of hydrogen-bond acceptors (Lipinski definition) is 2. The molecule has 1 aromatic rings. The first kappa shape index (κ1) is 13.1. The zero-order valence-corrected chi connectivity index (χ0v) is 11.2. The highest BCUT2D eigenvalue weighted by Gasteiger charge is 2.25. The zero-order valence-electron chi connectivity index (χ0n) is 11.2. The maximum absolute atomic E-state index is 11.8. The van der Waals surface area contributed by atoms with E-state index in [4.69, 9.17) is 5.73 Å². The molecule has 0 bridgehead atoms. The van der Waals surface area contributed by atoms with Crippen LogP contribution in [0.25, 0.3) is 0 Å². The van der Waals surface area contributed by atoms with Crippen molar-refractivity contribution in [3.63, 3.8) is 0 Å². The van der Waals surface area contributed by atoms with Crippen LogP contribution in [-0.2, 0) is 10.2 Å². The number of carbonyl (C=O) groups excluding carboxylic acids is 1. The molecular formula is C15H22N2O. The van der Waals surface area contributed by atoms with E-state index >= 15 is 0 Å². The first-order valence-corrected chi connectivity index (χ1v) is 6.64. The van der Waals surface area contributed by atoms with Crippen molar-refractivity contribution in [1.82, 2.24) is 0 Å². The van der Waals surface area contributed by atoms with E-state index in [-0.39, 0.29) is 17.2 Å². The Morgan fingerprint density at radius 3 is 2.39 bits per heavy atom. The summed E-state index contributed by atoms with van der Waals surface area (Å²) in [4.78, 5) is 11.8. The molecule has 1 fully saturated rings. The molecule has 0 aromatic heterocycles. The molecule has 3 N–H and O–H groups in total. The summed E-state index contributed by atoms with van der Waals surface area (Å²) >= 11 is 0. The van der Waals surface area contributed by atoms with Gasteiger partial charge < -0.3 is 11.1 Å². The number of anilines is 1. The van der Waals surface area contributed by atoms with E-state index < -0.39 is 0 Å². The maximum atomic E-state index is 11.8. The number of nitrogens with two attached hydrogens (primary N) is 1. The fourth-order valence-electron chi connectivity index (χ4n) is 2.04. The molecule has 0 radical (unpaired) electrons. The van der Waals surface area contributed by atoms with Gasteiger partial charge in [-0.1, -0.05) is 32.4 Å². The SMILES string of the molecule is CC(C)(CN)c1ccc(NC(=O)C2CCC2)cc1. The average molecular weight is 246 g/mol. The van der Waals surface area contributed by atoms with E-state index in [1.54, 1.807) is 0 Å². The molecule has 3 heteroatoms. The molecule has 1 aliphatic carbocycles. The van der Waals surface area contributed by atoms with E-state index in [9.17, 15) is 4.79 Å². The number of rotatable bonds is 4. The van der Waals surface area contributed by atoms with Gasteiger partial charge in [0.25, 0.3) is 0 Å². The van der Waals surface area contributed by atoms with Crippen molar-refractivity contribution in [3.8, 4) is 0 Å². The lowest BCUT2D eigenvalue weighted by molar-refractivity contribution is -0.122. The Balaban J connectivity index is 2.01. The number of nitrogens with one attached hydrogen (secondary N) is 1. The summed E-state index contributed by atoms with van der Waals surface area (Å²) in [5.74, 6) is 0.386. The number of benzene rings is 1. The van der Waals surface area contributed by atoms with Gasteiger partial charge >= 0.3 is 0 Å². The Morgan fingerprint density at radius 1 is 1.33 bits per heavy atom. The second-order valence-corrected chi connectivity index (χ2v) is 5.78. The summed E-state index contributed by atoms with van der Waals surface area (Å²) < 4.78 is 0. The molecule has 2 rings (SSSR count). The lowest BCUT2D eigenvalue weighted by Gasteiger charge is -2.25. The molecule has 1 saturated carbocycles. The third-order valence-corrected chi connectivity index (χ3v) is 3.92. The topological polar surface area (TPSA) is 55.1 Å². The first-order chi connectivity index (χ1) is 8.53. The maximum Gasteiger partial charge on any atom is 0.227 e. The summed E-state index contributed by atoms with van der Waals surface area (Å²) in [6.45, 7) is 4.85. The smallest absolute Gasteiger partial charge is 0.227 e. The van der Waals surface area contributed by atoms with Crippen molar-refractivity contribution in [2.45, 2.75) is 38.5 Å². The van der Waals surface area contributed by atoms with Crippen LogP contribution in [0.1, 0.15) is 38.7 Å². The Morgan fingerprint density at radius 2 is 1.94 bits per heavy atom. The van der Waals surface area contributed by atoms with Crippen LogP contribution in [0.15, 0.2) is 24.3 Å². The van der Waals surface area contributed by atoms with Crippen LogP contribution in [0.2, 0.25) is 0 Å². The van der Waals surface area contributed by atoms with Crippen molar-refractivity contribution < 1.29 is 4.79 Å². The van der Waals surface area contributed by atoms with Gasteiger partial charge in [0, 0.05) is 23.6 Å². The zero-order chi connectivity index (χ0) is 13.2. The molecule has 0 heterocycles.